The Bertz CT molecular complexity index is 374. The van der Waals surface area contributed by atoms with Gasteiger partial charge in [0, 0.05) is 19.2 Å². The van der Waals surface area contributed by atoms with Crippen molar-refractivity contribution in [2.45, 2.75) is 19.9 Å². The lowest BCUT2D eigenvalue weighted by atomic mass is 10.2. The average molecular weight is 285 g/mol. The molecular formula is C15H24FNO3. The van der Waals surface area contributed by atoms with Crippen molar-refractivity contribution in [2.24, 2.45) is 0 Å². The van der Waals surface area contributed by atoms with Gasteiger partial charge < -0.3 is 19.5 Å². The second kappa shape index (κ2) is 10.6. The fourth-order valence-electron chi connectivity index (χ4n) is 1.68. The Morgan fingerprint density at radius 1 is 1.15 bits per heavy atom. The number of methoxy groups -OCH3 is 1. The molecule has 0 unspecified atom stereocenters. The minimum absolute atomic E-state index is 0.248. The molecule has 0 fully saturated rings. The summed E-state index contributed by atoms with van der Waals surface area (Å²) >= 11 is 0. The number of halogens is 1. The van der Waals surface area contributed by atoms with Crippen molar-refractivity contribution in [1.82, 2.24) is 5.32 Å². The highest BCUT2D eigenvalue weighted by Gasteiger charge is 2.05. The predicted molar refractivity (Wildman–Crippen MR) is 76.6 cm³/mol. The Labute approximate surface area is 120 Å². The van der Waals surface area contributed by atoms with Crippen LogP contribution in [0.5, 0.6) is 5.75 Å². The summed E-state index contributed by atoms with van der Waals surface area (Å²) in [5, 5.41) is 3.24. The molecule has 1 N–H and O–H groups in total. The summed E-state index contributed by atoms with van der Waals surface area (Å²) in [5.41, 5.74) is 0.829. The monoisotopic (exact) mass is 285 g/mol. The maximum Gasteiger partial charge on any atom is 0.124 e. The molecule has 0 saturated heterocycles. The first kappa shape index (κ1) is 16.9. The average Bonchev–Trinajstić information content (AvgIpc) is 2.45. The maximum atomic E-state index is 13.3. The van der Waals surface area contributed by atoms with Gasteiger partial charge in [0.2, 0.25) is 0 Å². The van der Waals surface area contributed by atoms with Gasteiger partial charge in [0.25, 0.3) is 0 Å². The number of nitrogens with one attached hydrogen (secondary N) is 1. The van der Waals surface area contributed by atoms with Crippen LogP contribution in [0.15, 0.2) is 18.2 Å². The summed E-state index contributed by atoms with van der Waals surface area (Å²) in [6.07, 6.45) is 1.04. The molecule has 0 aliphatic heterocycles. The molecule has 0 amide bonds. The Morgan fingerprint density at radius 3 is 2.70 bits per heavy atom. The van der Waals surface area contributed by atoms with Crippen molar-refractivity contribution < 1.29 is 18.6 Å². The molecule has 1 aromatic rings. The first-order chi connectivity index (χ1) is 9.77. The van der Waals surface area contributed by atoms with Gasteiger partial charge in [-0.2, -0.15) is 0 Å². The lowest BCUT2D eigenvalue weighted by molar-refractivity contribution is 0.0542. The van der Waals surface area contributed by atoms with Crippen LogP contribution in [0.2, 0.25) is 0 Å². The van der Waals surface area contributed by atoms with Crippen LogP contribution in [-0.4, -0.2) is 40.1 Å². The van der Waals surface area contributed by atoms with Crippen molar-refractivity contribution >= 4 is 0 Å². The Morgan fingerprint density at radius 2 is 1.95 bits per heavy atom. The van der Waals surface area contributed by atoms with E-state index in [0.29, 0.717) is 38.7 Å². The number of ether oxygens (including phenoxy) is 3. The highest BCUT2D eigenvalue weighted by molar-refractivity contribution is 5.33. The molecule has 1 aromatic carbocycles. The fourth-order valence-corrected chi connectivity index (χ4v) is 1.68. The summed E-state index contributed by atoms with van der Waals surface area (Å²) in [7, 11) is 1.63. The first-order valence-electron chi connectivity index (χ1n) is 6.96. The van der Waals surface area contributed by atoms with Gasteiger partial charge >= 0.3 is 0 Å². The molecule has 0 spiro atoms. The maximum absolute atomic E-state index is 13.3. The van der Waals surface area contributed by atoms with Crippen LogP contribution in [0.4, 0.5) is 4.39 Å². The SMILES string of the molecule is CCCNCc1cc(F)ccc1OCCOCCOC. The summed E-state index contributed by atoms with van der Waals surface area (Å²) in [6, 6.07) is 4.57. The lowest BCUT2D eigenvalue weighted by Gasteiger charge is -2.12. The molecule has 20 heavy (non-hydrogen) atoms. The van der Waals surface area contributed by atoms with Gasteiger partial charge in [-0.05, 0) is 31.2 Å². The molecule has 0 heterocycles. The third kappa shape index (κ3) is 6.84. The van der Waals surface area contributed by atoms with E-state index < -0.39 is 0 Å². The zero-order valence-electron chi connectivity index (χ0n) is 12.3. The van der Waals surface area contributed by atoms with E-state index in [1.807, 2.05) is 0 Å². The van der Waals surface area contributed by atoms with E-state index in [0.717, 1.165) is 18.5 Å². The number of benzene rings is 1. The third-order valence-corrected chi connectivity index (χ3v) is 2.68. The number of hydrogen-bond donors (Lipinski definition) is 1. The van der Waals surface area contributed by atoms with Crippen LogP contribution in [0, 0.1) is 5.82 Å². The van der Waals surface area contributed by atoms with Crippen molar-refractivity contribution in [2.75, 3.05) is 40.1 Å². The van der Waals surface area contributed by atoms with Crippen molar-refractivity contribution in [3.63, 3.8) is 0 Å². The summed E-state index contributed by atoms with van der Waals surface area (Å²) in [6.45, 7) is 5.64. The topological polar surface area (TPSA) is 39.7 Å². The summed E-state index contributed by atoms with van der Waals surface area (Å²) < 4.78 is 29.1. The molecule has 5 heteroatoms. The van der Waals surface area contributed by atoms with E-state index >= 15 is 0 Å². The van der Waals surface area contributed by atoms with Crippen molar-refractivity contribution in [1.29, 1.82) is 0 Å². The van der Waals surface area contributed by atoms with E-state index in [2.05, 4.69) is 12.2 Å². The molecule has 0 bridgehead atoms. The molecule has 0 aliphatic carbocycles. The zero-order valence-corrected chi connectivity index (χ0v) is 12.3. The lowest BCUT2D eigenvalue weighted by Crippen LogP contribution is -2.16. The minimum atomic E-state index is -0.248. The third-order valence-electron chi connectivity index (χ3n) is 2.68. The normalized spacial score (nSPS) is 10.8. The van der Waals surface area contributed by atoms with E-state index in [-0.39, 0.29) is 5.82 Å². The van der Waals surface area contributed by atoms with Crippen molar-refractivity contribution in [3.05, 3.63) is 29.6 Å². The molecule has 4 nitrogen and oxygen atoms in total. The van der Waals surface area contributed by atoms with Crippen LogP contribution < -0.4 is 10.1 Å². The van der Waals surface area contributed by atoms with E-state index in [4.69, 9.17) is 14.2 Å². The number of rotatable bonds is 11. The largest absolute Gasteiger partial charge is 0.491 e. The smallest absolute Gasteiger partial charge is 0.124 e. The van der Waals surface area contributed by atoms with Gasteiger partial charge in [0.1, 0.15) is 18.2 Å². The number of hydrogen-bond acceptors (Lipinski definition) is 4. The molecule has 0 atom stereocenters. The van der Waals surface area contributed by atoms with E-state index in [1.54, 1.807) is 13.2 Å². The molecule has 0 aliphatic rings. The molecule has 0 aromatic heterocycles. The van der Waals surface area contributed by atoms with E-state index in [9.17, 15) is 4.39 Å². The fraction of sp³-hybridized carbons (Fsp3) is 0.600. The van der Waals surface area contributed by atoms with Crippen LogP contribution in [0.3, 0.4) is 0 Å². The quantitative estimate of drug-likeness (QED) is 0.634. The van der Waals surface area contributed by atoms with Crippen LogP contribution in [0.25, 0.3) is 0 Å². The zero-order chi connectivity index (χ0) is 14.6. The van der Waals surface area contributed by atoms with Gasteiger partial charge in [-0.25, -0.2) is 4.39 Å². The van der Waals surface area contributed by atoms with Gasteiger partial charge in [-0.15, -0.1) is 0 Å². The summed E-state index contributed by atoms with van der Waals surface area (Å²) in [4.78, 5) is 0. The minimum Gasteiger partial charge on any atom is -0.491 e. The molecule has 114 valence electrons. The molecular weight excluding hydrogens is 261 g/mol. The highest BCUT2D eigenvalue weighted by Crippen LogP contribution is 2.19. The molecule has 0 saturated carbocycles. The highest BCUT2D eigenvalue weighted by atomic mass is 19.1. The Hall–Kier alpha value is -1.17. The van der Waals surface area contributed by atoms with Gasteiger partial charge in [0.15, 0.2) is 0 Å². The van der Waals surface area contributed by atoms with Crippen LogP contribution in [-0.2, 0) is 16.0 Å². The second-order valence-corrected chi connectivity index (χ2v) is 4.38. The van der Waals surface area contributed by atoms with Gasteiger partial charge in [-0.1, -0.05) is 6.92 Å². The first-order valence-corrected chi connectivity index (χ1v) is 6.96. The second-order valence-electron chi connectivity index (χ2n) is 4.38. The van der Waals surface area contributed by atoms with Gasteiger partial charge in [-0.3, -0.25) is 0 Å². The predicted octanol–water partition coefficient (Wildman–Crippen LogP) is 2.37. The Kier molecular flexibility index (Phi) is 8.95. The Balaban J connectivity index is 2.38. The van der Waals surface area contributed by atoms with Crippen LogP contribution in [0.1, 0.15) is 18.9 Å². The molecule has 0 radical (unpaired) electrons. The molecule has 1 rings (SSSR count). The standard InChI is InChI=1S/C15H24FNO3/c1-3-6-17-12-13-11-14(16)4-5-15(13)20-10-9-19-8-7-18-2/h4-5,11,17H,3,6-10,12H2,1-2H3. The summed E-state index contributed by atoms with van der Waals surface area (Å²) in [5.74, 6) is 0.451. The van der Waals surface area contributed by atoms with Crippen molar-refractivity contribution in [3.8, 4) is 5.75 Å². The van der Waals surface area contributed by atoms with E-state index in [1.165, 1.54) is 12.1 Å². The van der Waals surface area contributed by atoms with Crippen LogP contribution >= 0.6 is 0 Å². The van der Waals surface area contributed by atoms with Gasteiger partial charge in [0.05, 0.1) is 19.8 Å².